The van der Waals surface area contributed by atoms with Crippen LogP contribution in [0.4, 0.5) is 0 Å². The predicted octanol–water partition coefficient (Wildman–Crippen LogP) is 10.2. The van der Waals surface area contributed by atoms with Gasteiger partial charge in [0.1, 0.15) is 0 Å². The molecule has 0 spiro atoms. The van der Waals surface area contributed by atoms with Gasteiger partial charge in [0, 0.05) is 0 Å². The van der Waals surface area contributed by atoms with Crippen molar-refractivity contribution in [1.29, 1.82) is 0 Å². The normalized spacial score (nSPS) is 11.7. The second-order valence-corrected chi connectivity index (χ2v) is 16.4. The maximum Gasteiger partial charge on any atom is 3.00 e. The average molecular weight is 948 g/mol. The smallest absolute Gasteiger partial charge is 0.726 e. The summed E-state index contributed by atoms with van der Waals surface area (Å²) in [7, 11) is -13.5. The topological polar surface area (TPSA) is 199 Å². The van der Waals surface area contributed by atoms with Crippen LogP contribution in [-0.2, 0) is 43.7 Å². The summed E-state index contributed by atoms with van der Waals surface area (Å²) in [5.74, 6) is 0. The third-order valence-electron chi connectivity index (χ3n) is 8.18. The molecule has 0 aliphatic rings. The molecule has 16 heteroatoms. The molecule has 0 radical (unpaired) electrons. The summed E-state index contributed by atoms with van der Waals surface area (Å²) >= 11 is 0. The minimum atomic E-state index is -4.48. The maximum absolute atomic E-state index is 10.1. The quantitative estimate of drug-likeness (QED) is 0.0328. The molecule has 316 valence electrons. The summed E-state index contributed by atoms with van der Waals surface area (Å²) in [5.41, 5.74) is 0. The Balaban J connectivity index is -0.000000329. The van der Waals surface area contributed by atoms with Crippen LogP contribution in [0, 0.1) is 49.4 Å². The van der Waals surface area contributed by atoms with Gasteiger partial charge in [-0.15, -0.1) is 0 Å². The van der Waals surface area contributed by atoms with Crippen molar-refractivity contribution in [2.45, 2.75) is 213 Å². The molecule has 0 aromatic rings. The zero-order valence-electron chi connectivity index (χ0n) is 32.8. The molecule has 0 rings (SSSR count). The van der Waals surface area contributed by atoms with Gasteiger partial charge < -0.3 is 13.7 Å². The van der Waals surface area contributed by atoms with E-state index in [-0.39, 0.29) is 69.2 Å². The minimum absolute atomic E-state index is 0. The van der Waals surface area contributed by atoms with E-state index >= 15 is 0 Å². The van der Waals surface area contributed by atoms with Crippen molar-refractivity contribution in [1.82, 2.24) is 0 Å². The van der Waals surface area contributed by atoms with Crippen LogP contribution in [0.15, 0.2) is 0 Å². The third-order valence-corrected chi connectivity index (χ3v) is 9.54. The molecule has 0 aliphatic carbocycles. The largest absolute Gasteiger partial charge is 3.00 e. The van der Waals surface area contributed by atoms with Crippen molar-refractivity contribution in [3.63, 3.8) is 0 Å². The van der Waals surface area contributed by atoms with Crippen LogP contribution in [0.3, 0.4) is 0 Å². The Morgan fingerprint density at radius 2 is 0.423 bits per heavy atom. The Hall–Kier alpha value is 1.19. The monoisotopic (exact) mass is 948 g/mol. The van der Waals surface area contributed by atoms with E-state index < -0.39 is 31.2 Å². The van der Waals surface area contributed by atoms with Gasteiger partial charge in [0.25, 0.3) is 0 Å². The first-order valence-corrected chi connectivity index (χ1v) is 24.0. The van der Waals surface area contributed by atoms with E-state index in [1.165, 1.54) is 135 Å². The Morgan fingerprint density at radius 1 is 0.288 bits per heavy atom. The zero-order chi connectivity index (χ0) is 39.0. The van der Waals surface area contributed by atoms with Crippen molar-refractivity contribution in [2.24, 2.45) is 0 Å². The SMILES string of the molecule is CCCCCCCCCCCCOS(=O)(=O)[O-].CCCCCCCCCCCCOS(=O)(=O)[O-].CCCCCCCCCCCCOS(=O)(=O)[O-].[Eu+3]. The second kappa shape index (κ2) is 44.9. The van der Waals surface area contributed by atoms with Crippen molar-refractivity contribution < 1.29 is 101 Å². The molecule has 0 aliphatic heterocycles. The Morgan fingerprint density at radius 3 is 0.558 bits per heavy atom. The maximum atomic E-state index is 10.1. The summed E-state index contributed by atoms with van der Waals surface area (Å²) in [6.07, 6.45) is 35.1. The first-order chi connectivity index (χ1) is 24.2. The molecule has 0 aromatic carbocycles. The fourth-order valence-corrected chi connectivity index (χ4v) is 6.22. The molecular formula is C36H75EuO12S3. The number of hydrogen-bond acceptors (Lipinski definition) is 12. The van der Waals surface area contributed by atoms with Crippen LogP contribution in [-0.4, -0.2) is 58.7 Å². The molecular weight excluding hydrogens is 873 g/mol. The first kappa shape index (κ1) is 59.9. The van der Waals surface area contributed by atoms with Crippen molar-refractivity contribution in [3.05, 3.63) is 0 Å². The van der Waals surface area contributed by atoms with Crippen LogP contribution in [0.25, 0.3) is 0 Å². The van der Waals surface area contributed by atoms with Crippen LogP contribution >= 0.6 is 0 Å². The Bertz CT molecular complexity index is 883. The molecule has 0 amide bonds. The second-order valence-electron chi connectivity index (χ2n) is 13.2. The van der Waals surface area contributed by atoms with E-state index in [0.717, 1.165) is 38.5 Å². The molecule has 0 heterocycles. The van der Waals surface area contributed by atoms with Gasteiger partial charge >= 0.3 is 49.4 Å². The van der Waals surface area contributed by atoms with E-state index in [4.69, 9.17) is 0 Å². The van der Waals surface area contributed by atoms with Crippen molar-refractivity contribution in [3.8, 4) is 0 Å². The van der Waals surface area contributed by atoms with Gasteiger partial charge in [-0.05, 0) is 19.3 Å². The van der Waals surface area contributed by atoms with Gasteiger partial charge in [0.15, 0.2) is 0 Å². The van der Waals surface area contributed by atoms with E-state index in [2.05, 4.69) is 33.3 Å². The van der Waals surface area contributed by atoms with Gasteiger partial charge in [-0.3, -0.25) is 12.5 Å². The molecule has 0 atom stereocenters. The van der Waals surface area contributed by atoms with Gasteiger partial charge in [-0.1, -0.05) is 194 Å². The van der Waals surface area contributed by atoms with Crippen LogP contribution in [0.1, 0.15) is 213 Å². The molecule has 12 nitrogen and oxygen atoms in total. The number of hydrogen-bond donors (Lipinski definition) is 0. The molecule has 52 heavy (non-hydrogen) atoms. The summed E-state index contributed by atoms with van der Waals surface area (Å²) in [6.45, 7) is 6.73. The first-order valence-electron chi connectivity index (χ1n) is 20.0. The molecule has 0 fully saturated rings. The van der Waals surface area contributed by atoms with Gasteiger partial charge in [-0.2, -0.15) is 0 Å². The van der Waals surface area contributed by atoms with E-state index in [1.807, 2.05) is 0 Å². The average Bonchev–Trinajstić information content (AvgIpc) is 3.04. The molecule has 0 N–H and O–H groups in total. The molecule has 0 saturated carbocycles. The van der Waals surface area contributed by atoms with E-state index in [9.17, 15) is 38.9 Å². The minimum Gasteiger partial charge on any atom is -0.726 e. The van der Waals surface area contributed by atoms with Crippen LogP contribution in [0.2, 0.25) is 0 Å². The fourth-order valence-electron chi connectivity index (χ4n) is 5.25. The van der Waals surface area contributed by atoms with Gasteiger partial charge in [0.05, 0.1) is 19.8 Å². The molecule has 0 aromatic heterocycles. The number of rotatable bonds is 36. The summed E-state index contributed by atoms with van der Waals surface area (Å²) < 4.78 is 103. The van der Waals surface area contributed by atoms with Crippen molar-refractivity contribution >= 4 is 31.2 Å². The molecule has 0 unspecified atom stereocenters. The molecule has 0 bridgehead atoms. The molecule has 0 saturated heterocycles. The third kappa shape index (κ3) is 69.1. The van der Waals surface area contributed by atoms with Gasteiger partial charge in [0.2, 0.25) is 31.2 Å². The van der Waals surface area contributed by atoms with Crippen molar-refractivity contribution in [2.75, 3.05) is 19.8 Å². The Kier molecular flexibility index (Phi) is 51.7. The summed E-state index contributed by atoms with van der Waals surface area (Å²) in [5, 5.41) is 0. The Labute approximate surface area is 361 Å². The summed E-state index contributed by atoms with van der Waals surface area (Å²) in [6, 6.07) is 0. The van der Waals surface area contributed by atoms with E-state index in [1.54, 1.807) is 0 Å². The standard InChI is InChI=1S/3C12H26O4S.Eu/c3*1-2-3-4-5-6-7-8-9-10-11-12-16-17(13,14)15;/h3*2-12H2,1H3,(H,13,14,15);/q;;;+3/p-3. The number of unbranched alkanes of at least 4 members (excludes halogenated alkanes) is 27. The fraction of sp³-hybridized carbons (Fsp3) is 1.00. The van der Waals surface area contributed by atoms with Crippen LogP contribution < -0.4 is 0 Å². The van der Waals surface area contributed by atoms with E-state index in [0.29, 0.717) is 19.3 Å². The van der Waals surface area contributed by atoms with Crippen LogP contribution in [0.5, 0.6) is 0 Å². The zero-order valence-corrected chi connectivity index (χ0v) is 37.7. The van der Waals surface area contributed by atoms with Gasteiger partial charge in [-0.25, -0.2) is 25.3 Å². The predicted molar refractivity (Wildman–Crippen MR) is 202 cm³/mol. The summed E-state index contributed by atoms with van der Waals surface area (Å²) in [4.78, 5) is 0.